The normalized spacial score (nSPS) is 10.2. The standard InChI is InChI=1S/C19H18N2O/c1-2-6-16(7-3-1)15-22-19-10-4-9-18(12-19)21-14-17-8-5-11-20-13-17/h1-13,21H,14-15H2. The smallest absolute Gasteiger partial charge is 0.121 e. The Morgan fingerprint density at radius 3 is 2.55 bits per heavy atom. The monoisotopic (exact) mass is 290 g/mol. The number of nitrogens with one attached hydrogen (secondary N) is 1. The topological polar surface area (TPSA) is 34.1 Å². The Balaban J connectivity index is 1.58. The lowest BCUT2D eigenvalue weighted by Crippen LogP contribution is -2.00. The number of ether oxygens (including phenoxy) is 1. The Morgan fingerprint density at radius 2 is 1.73 bits per heavy atom. The lowest BCUT2D eigenvalue weighted by atomic mass is 10.2. The van der Waals surface area contributed by atoms with Crippen molar-refractivity contribution in [1.29, 1.82) is 0 Å². The molecule has 1 heterocycles. The second-order valence-electron chi connectivity index (χ2n) is 5.02. The summed E-state index contributed by atoms with van der Waals surface area (Å²) in [7, 11) is 0. The summed E-state index contributed by atoms with van der Waals surface area (Å²) in [6.45, 7) is 1.32. The van der Waals surface area contributed by atoms with E-state index in [-0.39, 0.29) is 0 Å². The number of nitrogens with zero attached hydrogens (tertiary/aromatic N) is 1. The van der Waals surface area contributed by atoms with Gasteiger partial charge < -0.3 is 10.1 Å². The maximum atomic E-state index is 5.83. The van der Waals surface area contributed by atoms with Gasteiger partial charge in [-0.15, -0.1) is 0 Å². The molecule has 0 aliphatic heterocycles. The quantitative estimate of drug-likeness (QED) is 0.736. The summed E-state index contributed by atoms with van der Waals surface area (Å²) in [5.41, 5.74) is 3.35. The summed E-state index contributed by atoms with van der Waals surface area (Å²) in [6.07, 6.45) is 3.64. The van der Waals surface area contributed by atoms with Gasteiger partial charge in [-0.3, -0.25) is 4.98 Å². The molecule has 1 aromatic heterocycles. The first-order valence-corrected chi connectivity index (χ1v) is 7.30. The summed E-state index contributed by atoms with van der Waals surface area (Å²) < 4.78 is 5.83. The van der Waals surface area contributed by atoms with Crippen LogP contribution in [0.25, 0.3) is 0 Å². The Hall–Kier alpha value is -2.81. The Morgan fingerprint density at radius 1 is 0.864 bits per heavy atom. The molecule has 0 radical (unpaired) electrons. The van der Waals surface area contributed by atoms with E-state index in [1.165, 1.54) is 0 Å². The fourth-order valence-electron chi connectivity index (χ4n) is 2.14. The summed E-state index contributed by atoms with van der Waals surface area (Å²) in [5, 5.41) is 3.38. The number of pyridine rings is 1. The van der Waals surface area contributed by atoms with Gasteiger partial charge in [-0.05, 0) is 29.3 Å². The first-order chi connectivity index (χ1) is 10.9. The molecule has 0 atom stereocenters. The molecule has 3 aromatic rings. The molecule has 0 aliphatic rings. The largest absolute Gasteiger partial charge is 0.489 e. The van der Waals surface area contributed by atoms with Gasteiger partial charge in [-0.25, -0.2) is 0 Å². The van der Waals surface area contributed by atoms with Crippen LogP contribution in [0.5, 0.6) is 5.75 Å². The van der Waals surface area contributed by atoms with Crippen LogP contribution in [0.15, 0.2) is 79.1 Å². The van der Waals surface area contributed by atoms with Crippen molar-refractivity contribution in [2.24, 2.45) is 0 Å². The van der Waals surface area contributed by atoms with Crippen molar-refractivity contribution in [2.75, 3.05) is 5.32 Å². The van der Waals surface area contributed by atoms with Crippen LogP contribution < -0.4 is 10.1 Å². The second-order valence-corrected chi connectivity index (χ2v) is 5.02. The van der Waals surface area contributed by atoms with Gasteiger partial charge in [0, 0.05) is 30.7 Å². The van der Waals surface area contributed by atoms with Crippen molar-refractivity contribution in [3.05, 3.63) is 90.3 Å². The van der Waals surface area contributed by atoms with Gasteiger partial charge in [0.2, 0.25) is 0 Å². The van der Waals surface area contributed by atoms with E-state index in [0.29, 0.717) is 6.61 Å². The van der Waals surface area contributed by atoms with E-state index in [1.54, 1.807) is 6.20 Å². The highest BCUT2D eigenvalue weighted by Crippen LogP contribution is 2.19. The maximum Gasteiger partial charge on any atom is 0.121 e. The molecule has 0 unspecified atom stereocenters. The highest BCUT2D eigenvalue weighted by Gasteiger charge is 1.99. The fraction of sp³-hybridized carbons (Fsp3) is 0.105. The Labute approximate surface area is 130 Å². The van der Waals surface area contributed by atoms with Crippen molar-refractivity contribution in [2.45, 2.75) is 13.2 Å². The van der Waals surface area contributed by atoms with Crippen LogP contribution in [0.1, 0.15) is 11.1 Å². The van der Waals surface area contributed by atoms with Crippen molar-refractivity contribution >= 4 is 5.69 Å². The predicted molar refractivity (Wildman–Crippen MR) is 88.8 cm³/mol. The van der Waals surface area contributed by atoms with Crippen molar-refractivity contribution < 1.29 is 4.74 Å². The van der Waals surface area contributed by atoms with E-state index in [9.17, 15) is 0 Å². The van der Waals surface area contributed by atoms with Gasteiger partial charge in [0.05, 0.1) is 0 Å². The SMILES string of the molecule is c1ccc(COc2cccc(NCc3cccnc3)c2)cc1. The zero-order valence-electron chi connectivity index (χ0n) is 12.3. The minimum atomic E-state index is 0.576. The zero-order chi connectivity index (χ0) is 15.0. The van der Waals surface area contributed by atoms with Crippen LogP contribution in [0.3, 0.4) is 0 Å². The van der Waals surface area contributed by atoms with Gasteiger partial charge in [-0.2, -0.15) is 0 Å². The van der Waals surface area contributed by atoms with E-state index in [4.69, 9.17) is 4.74 Å². The lowest BCUT2D eigenvalue weighted by molar-refractivity contribution is 0.306. The van der Waals surface area contributed by atoms with Crippen LogP contribution in [0.4, 0.5) is 5.69 Å². The number of hydrogen-bond donors (Lipinski definition) is 1. The van der Waals surface area contributed by atoms with Crippen LogP contribution in [0.2, 0.25) is 0 Å². The number of benzene rings is 2. The highest BCUT2D eigenvalue weighted by atomic mass is 16.5. The first-order valence-electron chi connectivity index (χ1n) is 7.30. The zero-order valence-corrected chi connectivity index (χ0v) is 12.3. The molecular formula is C19H18N2O. The molecule has 2 aromatic carbocycles. The molecular weight excluding hydrogens is 272 g/mol. The third-order valence-corrected chi connectivity index (χ3v) is 3.30. The number of aromatic nitrogens is 1. The molecule has 0 saturated heterocycles. The number of anilines is 1. The summed E-state index contributed by atoms with van der Waals surface area (Å²) in [6, 6.07) is 22.2. The minimum absolute atomic E-state index is 0.576. The molecule has 0 amide bonds. The summed E-state index contributed by atoms with van der Waals surface area (Å²) in [4.78, 5) is 4.11. The summed E-state index contributed by atoms with van der Waals surface area (Å²) in [5.74, 6) is 0.861. The third-order valence-electron chi connectivity index (χ3n) is 3.30. The third kappa shape index (κ3) is 4.09. The highest BCUT2D eigenvalue weighted by molar-refractivity contribution is 5.48. The molecule has 0 fully saturated rings. The lowest BCUT2D eigenvalue weighted by Gasteiger charge is -2.10. The first kappa shape index (κ1) is 14.1. The van der Waals surface area contributed by atoms with Crippen LogP contribution in [-0.4, -0.2) is 4.98 Å². The molecule has 0 spiro atoms. The van der Waals surface area contributed by atoms with Gasteiger partial charge in [0.1, 0.15) is 12.4 Å². The molecule has 3 heteroatoms. The molecule has 22 heavy (non-hydrogen) atoms. The molecule has 3 rings (SSSR count). The van der Waals surface area contributed by atoms with Gasteiger partial charge >= 0.3 is 0 Å². The second kappa shape index (κ2) is 7.27. The van der Waals surface area contributed by atoms with E-state index >= 15 is 0 Å². The maximum absolute atomic E-state index is 5.83. The van der Waals surface area contributed by atoms with Crippen LogP contribution in [0, 0.1) is 0 Å². The van der Waals surface area contributed by atoms with E-state index in [2.05, 4.69) is 28.5 Å². The molecule has 0 bridgehead atoms. The molecule has 3 nitrogen and oxygen atoms in total. The minimum Gasteiger partial charge on any atom is -0.489 e. The average molecular weight is 290 g/mol. The van der Waals surface area contributed by atoms with E-state index in [0.717, 1.165) is 29.1 Å². The fourth-order valence-corrected chi connectivity index (χ4v) is 2.14. The molecule has 0 aliphatic carbocycles. The van der Waals surface area contributed by atoms with E-state index < -0.39 is 0 Å². The van der Waals surface area contributed by atoms with Crippen LogP contribution >= 0.6 is 0 Å². The number of hydrogen-bond acceptors (Lipinski definition) is 3. The average Bonchev–Trinajstić information content (AvgIpc) is 2.60. The molecule has 1 N–H and O–H groups in total. The Bertz CT molecular complexity index is 640. The molecule has 0 saturated carbocycles. The van der Waals surface area contributed by atoms with Gasteiger partial charge in [-0.1, -0.05) is 42.5 Å². The van der Waals surface area contributed by atoms with Crippen LogP contribution in [-0.2, 0) is 13.2 Å². The Kier molecular flexibility index (Phi) is 4.67. The van der Waals surface area contributed by atoms with Gasteiger partial charge in [0.25, 0.3) is 0 Å². The number of rotatable bonds is 6. The van der Waals surface area contributed by atoms with E-state index in [1.807, 2.05) is 54.7 Å². The van der Waals surface area contributed by atoms with Crippen molar-refractivity contribution in [3.8, 4) is 5.75 Å². The molecule has 110 valence electrons. The van der Waals surface area contributed by atoms with Crippen molar-refractivity contribution in [1.82, 2.24) is 4.98 Å². The predicted octanol–water partition coefficient (Wildman–Crippen LogP) is 4.27. The summed E-state index contributed by atoms with van der Waals surface area (Å²) >= 11 is 0. The van der Waals surface area contributed by atoms with Gasteiger partial charge in [0.15, 0.2) is 0 Å². The van der Waals surface area contributed by atoms with Crippen molar-refractivity contribution in [3.63, 3.8) is 0 Å².